The second-order valence-electron chi connectivity index (χ2n) is 5.60. The number of halogens is 1. The Morgan fingerprint density at radius 1 is 1.21 bits per heavy atom. The molecule has 1 heterocycles. The van der Waals surface area contributed by atoms with E-state index in [1.165, 1.54) is 6.20 Å². The summed E-state index contributed by atoms with van der Waals surface area (Å²) in [5.74, 6) is 0.669. The van der Waals surface area contributed by atoms with Crippen LogP contribution in [0, 0.1) is 5.82 Å². The molecule has 2 rings (SSSR count). The first kappa shape index (κ1) is 14.4. The molecule has 0 N–H and O–H groups in total. The SMILES string of the molecule is COc1ccc(Cn2ncc(F)[c]2[Sn]([CH3])([CH3])[CH3])cc1. The third kappa shape index (κ3) is 3.29. The Hall–Kier alpha value is -1.04. The van der Waals surface area contributed by atoms with E-state index in [4.69, 9.17) is 4.74 Å². The fourth-order valence-corrected chi connectivity index (χ4v) is 6.96. The van der Waals surface area contributed by atoms with E-state index in [1.807, 2.05) is 28.9 Å². The molecule has 0 fully saturated rings. The third-order valence-corrected chi connectivity index (χ3v) is 8.47. The number of benzene rings is 1. The number of methoxy groups -OCH3 is 1. The molecule has 5 heteroatoms. The molecule has 0 saturated carbocycles. The predicted octanol–water partition coefficient (Wildman–Crippen LogP) is 2.62. The summed E-state index contributed by atoms with van der Waals surface area (Å²) in [5, 5.41) is 4.18. The van der Waals surface area contributed by atoms with Gasteiger partial charge in [0, 0.05) is 0 Å². The van der Waals surface area contributed by atoms with Crippen LogP contribution in [0.5, 0.6) is 5.75 Å². The summed E-state index contributed by atoms with van der Waals surface area (Å²) in [4.78, 5) is 6.58. The zero-order valence-corrected chi connectivity index (χ0v) is 14.6. The van der Waals surface area contributed by atoms with E-state index < -0.39 is 18.4 Å². The summed E-state index contributed by atoms with van der Waals surface area (Å²) in [6.45, 7) is 0.609. The van der Waals surface area contributed by atoms with Gasteiger partial charge in [0.1, 0.15) is 0 Å². The van der Waals surface area contributed by atoms with Gasteiger partial charge in [-0.25, -0.2) is 0 Å². The minimum absolute atomic E-state index is 0.156. The van der Waals surface area contributed by atoms with Crippen LogP contribution in [-0.2, 0) is 6.54 Å². The molecule has 0 aliphatic carbocycles. The van der Waals surface area contributed by atoms with Crippen LogP contribution in [0.25, 0.3) is 0 Å². The maximum atomic E-state index is 13.9. The van der Waals surface area contributed by atoms with Gasteiger partial charge in [0.2, 0.25) is 0 Å². The molecule has 2 aromatic rings. The van der Waals surface area contributed by atoms with Crippen LogP contribution in [-0.4, -0.2) is 35.3 Å². The van der Waals surface area contributed by atoms with Crippen molar-refractivity contribution in [1.82, 2.24) is 9.78 Å². The van der Waals surface area contributed by atoms with Crippen molar-refractivity contribution in [2.75, 3.05) is 7.11 Å². The maximum absolute atomic E-state index is 13.9. The van der Waals surface area contributed by atoms with Gasteiger partial charge >= 0.3 is 117 Å². The summed E-state index contributed by atoms with van der Waals surface area (Å²) in [6.07, 6.45) is 1.33. The van der Waals surface area contributed by atoms with Gasteiger partial charge in [-0.05, 0) is 0 Å². The van der Waals surface area contributed by atoms with E-state index in [0.717, 1.165) is 15.0 Å². The second-order valence-corrected chi connectivity index (χ2v) is 19.8. The Morgan fingerprint density at radius 2 is 1.84 bits per heavy atom. The van der Waals surface area contributed by atoms with Crippen molar-refractivity contribution in [2.45, 2.75) is 21.4 Å². The van der Waals surface area contributed by atoms with E-state index in [-0.39, 0.29) is 5.82 Å². The van der Waals surface area contributed by atoms with E-state index >= 15 is 0 Å². The number of ether oxygens (including phenoxy) is 1. The Bertz CT molecular complexity index is 558. The second kappa shape index (κ2) is 5.53. The fourth-order valence-electron chi connectivity index (χ4n) is 2.13. The van der Waals surface area contributed by atoms with Crippen LogP contribution in [0.3, 0.4) is 0 Å². The molecule has 0 bridgehead atoms. The van der Waals surface area contributed by atoms with Gasteiger partial charge in [-0.3, -0.25) is 0 Å². The van der Waals surface area contributed by atoms with Gasteiger partial charge in [0.25, 0.3) is 0 Å². The molecule has 0 aliphatic heterocycles. The normalized spacial score (nSPS) is 11.6. The van der Waals surface area contributed by atoms with Gasteiger partial charge < -0.3 is 0 Å². The zero-order valence-electron chi connectivity index (χ0n) is 11.8. The first-order chi connectivity index (χ1) is 8.91. The Morgan fingerprint density at radius 3 is 2.37 bits per heavy atom. The van der Waals surface area contributed by atoms with Crippen LogP contribution >= 0.6 is 0 Å². The Labute approximate surface area is 117 Å². The molecule has 0 radical (unpaired) electrons. The summed E-state index contributed by atoms with van der Waals surface area (Å²) < 4.78 is 21.7. The number of hydrogen-bond acceptors (Lipinski definition) is 2. The molecule has 0 amide bonds. The minimum atomic E-state index is -2.49. The zero-order chi connectivity index (χ0) is 14.0. The van der Waals surface area contributed by atoms with Crippen molar-refractivity contribution in [3.63, 3.8) is 0 Å². The van der Waals surface area contributed by atoms with Crippen molar-refractivity contribution < 1.29 is 9.13 Å². The van der Waals surface area contributed by atoms with Crippen LogP contribution in [0.2, 0.25) is 14.8 Å². The van der Waals surface area contributed by atoms with Crippen LogP contribution in [0.1, 0.15) is 5.56 Å². The van der Waals surface area contributed by atoms with Crippen molar-refractivity contribution in [2.24, 2.45) is 0 Å². The summed E-state index contributed by atoms with van der Waals surface area (Å²) in [5.41, 5.74) is 1.10. The molecule has 1 aromatic heterocycles. The van der Waals surface area contributed by atoms with Crippen molar-refractivity contribution in [3.8, 4) is 5.75 Å². The molecule has 0 aliphatic rings. The summed E-state index contributed by atoms with van der Waals surface area (Å²) >= 11 is -2.49. The number of hydrogen-bond donors (Lipinski definition) is 0. The number of rotatable bonds is 4. The molecular weight excluding hydrogens is 350 g/mol. The molecule has 0 atom stereocenters. The van der Waals surface area contributed by atoms with Gasteiger partial charge in [-0.2, -0.15) is 0 Å². The topological polar surface area (TPSA) is 27.1 Å². The number of nitrogens with zero attached hydrogens (tertiary/aromatic N) is 2. The first-order valence-corrected chi connectivity index (χ1v) is 16.3. The van der Waals surface area contributed by atoms with E-state index in [1.54, 1.807) is 7.11 Å². The fraction of sp³-hybridized carbons (Fsp3) is 0.357. The summed E-state index contributed by atoms with van der Waals surface area (Å²) in [7, 11) is 1.64. The standard InChI is InChI=1S/C11H10FN2O.3CH3.Sn/c1-15-11-4-2-9(3-5-11)7-14-8-10(12)6-13-14;;;;/h2-6H,7H2,1H3;3*1H3;. The Balaban J connectivity index is 2.28. The molecule has 19 heavy (non-hydrogen) atoms. The van der Waals surface area contributed by atoms with Gasteiger partial charge in [0.05, 0.1) is 0 Å². The molecular formula is C14H19FN2OSn. The Kier molecular flexibility index (Phi) is 4.18. The quantitative estimate of drug-likeness (QED) is 0.775. The molecule has 1 aromatic carbocycles. The molecule has 0 spiro atoms. The van der Waals surface area contributed by atoms with Crippen molar-refractivity contribution in [3.05, 3.63) is 41.8 Å². The van der Waals surface area contributed by atoms with Crippen molar-refractivity contribution >= 4 is 22.1 Å². The molecule has 0 saturated heterocycles. The van der Waals surface area contributed by atoms with E-state index in [0.29, 0.717) is 6.54 Å². The van der Waals surface area contributed by atoms with Gasteiger partial charge in [-0.1, -0.05) is 0 Å². The number of aromatic nitrogens is 2. The molecule has 102 valence electrons. The van der Waals surface area contributed by atoms with Gasteiger partial charge in [-0.15, -0.1) is 0 Å². The average molecular weight is 369 g/mol. The average Bonchev–Trinajstić information content (AvgIpc) is 2.71. The van der Waals surface area contributed by atoms with E-state index in [9.17, 15) is 4.39 Å². The third-order valence-electron chi connectivity index (χ3n) is 3.00. The predicted molar refractivity (Wildman–Crippen MR) is 77.3 cm³/mol. The van der Waals surface area contributed by atoms with Gasteiger partial charge in [0.15, 0.2) is 0 Å². The van der Waals surface area contributed by atoms with E-state index in [2.05, 4.69) is 19.9 Å². The monoisotopic (exact) mass is 370 g/mol. The van der Waals surface area contributed by atoms with Crippen LogP contribution < -0.4 is 8.45 Å². The van der Waals surface area contributed by atoms with Crippen LogP contribution in [0.4, 0.5) is 4.39 Å². The van der Waals surface area contributed by atoms with Crippen LogP contribution in [0.15, 0.2) is 30.5 Å². The van der Waals surface area contributed by atoms with Crippen molar-refractivity contribution in [1.29, 1.82) is 0 Å². The molecule has 3 nitrogen and oxygen atoms in total. The molecule has 0 unspecified atom stereocenters. The first-order valence-electron chi connectivity index (χ1n) is 6.26. The summed E-state index contributed by atoms with van der Waals surface area (Å²) in [6, 6.07) is 7.80.